The number of nitrogens with one attached hydrogen (secondary N) is 1. The van der Waals surface area contributed by atoms with E-state index in [4.69, 9.17) is 11.6 Å². The van der Waals surface area contributed by atoms with Crippen molar-refractivity contribution in [3.8, 4) is 0 Å². The van der Waals surface area contributed by atoms with Gasteiger partial charge in [-0.05, 0) is 24.1 Å². The smallest absolute Gasteiger partial charge is 0.313 e. The third kappa shape index (κ3) is 3.56. The summed E-state index contributed by atoms with van der Waals surface area (Å²) in [6.07, 6.45) is 0. The van der Waals surface area contributed by atoms with Gasteiger partial charge < -0.3 is 5.32 Å². The minimum Gasteiger partial charge on any atom is -0.342 e. The SMILES string of the molecule is Cc1cccc(C(C)(C)CNC(=O)Cl)c1. The summed E-state index contributed by atoms with van der Waals surface area (Å²) in [4.78, 5) is 10.6. The summed E-state index contributed by atoms with van der Waals surface area (Å²) in [5, 5.41) is 2.13. The third-order valence-electron chi connectivity index (χ3n) is 2.47. The van der Waals surface area contributed by atoms with Crippen LogP contribution in [-0.2, 0) is 5.41 Å². The normalized spacial score (nSPS) is 11.2. The van der Waals surface area contributed by atoms with Gasteiger partial charge in [-0.25, -0.2) is 0 Å². The van der Waals surface area contributed by atoms with E-state index < -0.39 is 5.37 Å². The van der Waals surface area contributed by atoms with E-state index in [1.165, 1.54) is 11.1 Å². The molecule has 15 heavy (non-hydrogen) atoms. The fraction of sp³-hybridized carbons (Fsp3) is 0.417. The minimum absolute atomic E-state index is 0.101. The summed E-state index contributed by atoms with van der Waals surface area (Å²) in [5.74, 6) is 0. The molecule has 0 aliphatic rings. The maximum atomic E-state index is 10.6. The lowest BCUT2D eigenvalue weighted by atomic mass is 9.84. The molecule has 0 fully saturated rings. The number of rotatable bonds is 3. The van der Waals surface area contributed by atoms with Gasteiger partial charge in [-0.1, -0.05) is 43.7 Å². The van der Waals surface area contributed by atoms with Gasteiger partial charge in [0.15, 0.2) is 0 Å². The molecular weight excluding hydrogens is 210 g/mol. The van der Waals surface area contributed by atoms with Gasteiger partial charge in [0.05, 0.1) is 0 Å². The highest BCUT2D eigenvalue weighted by Gasteiger charge is 2.20. The van der Waals surface area contributed by atoms with E-state index >= 15 is 0 Å². The topological polar surface area (TPSA) is 29.1 Å². The molecule has 2 nitrogen and oxygen atoms in total. The quantitative estimate of drug-likeness (QED) is 0.621. The number of hydrogen-bond donors (Lipinski definition) is 1. The summed E-state index contributed by atoms with van der Waals surface area (Å²) in [6.45, 7) is 6.75. The zero-order valence-electron chi connectivity index (χ0n) is 9.30. The zero-order valence-corrected chi connectivity index (χ0v) is 10.1. The maximum absolute atomic E-state index is 10.6. The molecule has 0 unspecified atom stereocenters. The highest BCUT2D eigenvalue weighted by molar-refractivity contribution is 6.62. The van der Waals surface area contributed by atoms with Gasteiger partial charge in [0.2, 0.25) is 0 Å². The van der Waals surface area contributed by atoms with Crippen LogP contribution in [-0.4, -0.2) is 11.9 Å². The average Bonchev–Trinajstić information content (AvgIpc) is 2.15. The maximum Gasteiger partial charge on any atom is 0.313 e. The first-order chi connectivity index (χ1) is 6.92. The highest BCUT2D eigenvalue weighted by Crippen LogP contribution is 2.22. The molecule has 0 aromatic heterocycles. The average molecular weight is 226 g/mol. The van der Waals surface area contributed by atoms with Crippen molar-refractivity contribution < 1.29 is 4.79 Å². The van der Waals surface area contributed by atoms with Crippen LogP contribution in [0.3, 0.4) is 0 Å². The molecular formula is C12H16ClNO. The Kier molecular flexibility index (Phi) is 3.75. The second-order valence-corrected chi connectivity index (χ2v) is 4.72. The largest absolute Gasteiger partial charge is 0.342 e. The van der Waals surface area contributed by atoms with Crippen LogP contribution in [0, 0.1) is 6.92 Å². The van der Waals surface area contributed by atoms with Gasteiger partial charge >= 0.3 is 5.37 Å². The first-order valence-corrected chi connectivity index (χ1v) is 5.30. The predicted molar refractivity (Wildman–Crippen MR) is 63.5 cm³/mol. The predicted octanol–water partition coefficient (Wildman–Crippen LogP) is 3.22. The Morgan fingerprint density at radius 2 is 2.13 bits per heavy atom. The van der Waals surface area contributed by atoms with Crippen molar-refractivity contribution >= 4 is 17.0 Å². The van der Waals surface area contributed by atoms with E-state index in [2.05, 4.69) is 44.3 Å². The van der Waals surface area contributed by atoms with Gasteiger partial charge in [0.1, 0.15) is 0 Å². The Morgan fingerprint density at radius 3 is 2.67 bits per heavy atom. The van der Waals surface area contributed by atoms with Crippen LogP contribution in [0.25, 0.3) is 0 Å². The Hall–Kier alpha value is -1.02. The summed E-state index contributed by atoms with van der Waals surface area (Å²) < 4.78 is 0. The summed E-state index contributed by atoms with van der Waals surface area (Å²) >= 11 is 5.25. The van der Waals surface area contributed by atoms with E-state index in [1.54, 1.807) is 0 Å². The van der Waals surface area contributed by atoms with Gasteiger partial charge in [0, 0.05) is 12.0 Å². The molecule has 82 valence electrons. The van der Waals surface area contributed by atoms with E-state index in [9.17, 15) is 4.79 Å². The molecule has 1 N–H and O–H groups in total. The molecule has 0 aliphatic heterocycles. The Bertz CT molecular complexity index is 360. The van der Waals surface area contributed by atoms with E-state index in [1.807, 2.05) is 6.07 Å². The van der Waals surface area contributed by atoms with Crippen LogP contribution in [0.5, 0.6) is 0 Å². The van der Waals surface area contributed by atoms with Crippen molar-refractivity contribution in [2.45, 2.75) is 26.2 Å². The molecule has 0 saturated carbocycles. The van der Waals surface area contributed by atoms with Crippen molar-refractivity contribution in [2.75, 3.05) is 6.54 Å². The van der Waals surface area contributed by atoms with Gasteiger partial charge in [-0.3, -0.25) is 4.79 Å². The number of hydrogen-bond acceptors (Lipinski definition) is 1. The van der Waals surface area contributed by atoms with Crippen LogP contribution >= 0.6 is 11.6 Å². The van der Waals surface area contributed by atoms with Crippen molar-refractivity contribution in [3.63, 3.8) is 0 Å². The first kappa shape index (κ1) is 12.1. The summed E-state index contributed by atoms with van der Waals surface area (Å²) in [7, 11) is 0. The Labute approximate surface area is 95.6 Å². The van der Waals surface area contributed by atoms with Crippen LogP contribution < -0.4 is 5.32 Å². The molecule has 0 bridgehead atoms. The second-order valence-electron chi connectivity index (χ2n) is 4.38. The molecule has 0 aliphatic carbocycles. The standard InChI is InChI=1S/C12H16ClNO/c1-9-5-4-6-10(7-9)12(2,3)8-14-11(13)15/h4-7H,8H2,1-3H3,(H,14,15). The minimum atomic E-state index is -0.504. The van der Waals surface area contributed by atoms with Gasteiger partial charge in [-0.15, -0.1) is 0 Å². The van der Waals surface area contributed by atoms with Crippen molar-refractivity contribution in [1.29, 1.82) is 0 Å². The second kappa shape index (κ2) is 4.67. The van der Waals surface area contributed by atoms with Gasteiger partial charge in [-0.2, -0.15) is 0 Å². The number of amides is 1. The molecule has 3 heteroatoms. The molecule has 1 aromatic rings. The number of carbonyl (C=O) groups is 1. The molecule has 0 heterocycles. The lowest BCUT2D eigenvalue weighted by molar-refractivity contribution is 0.257. The fourth-order valence-electron chi connectivity index (χ4n) is 1.46. The van der Waals surface area contributed by atoms with Crippen molar-refractivity contribution in [2.24, 2.45) is 0 Å². The molecule has 0 saturated heterocycles. The lowest BCUT2D eigenvalue weighted by Crippen LogP contribution is -2.34. The van der Waals surface area contributed by atoms with Crippen molar-refractivity contribution in [3.05, 3.63) is 35.4 Å². The Balaban J connectivity index is 2.80. The number of aryl methyl sites for hydroxylation is 1. The van der Waals surface area contributed by atoms with Gasteiger partial charge in [0.25, 0.3) is 0 Å². The number of benzene rings is 1. The lowest BCUT2D eigenvalue weighted by Gasteiger charge is -2.25. The monoisotopic (exact) mass is 225 g/mol. The van der Waals surface area contributed by atoms with Crippen LogP contribution in [0.1, 0.15) is 25.0 Å². The first-order valence-electron chi connectivity index (χ1n) is 4.92. The van der Waals surface area contributed by atoms with E-state index in [0.717, 1.165) is 0 Å². The highest BCUT2D eigenvalue weighted by atomic mass is 35.5. The fourth-order valence-corrected chi connectivity index (χ4v) is 1.53. The molecule has 0 spiro atoms. The Morgan fingerprint density at radius 1 is 1.47 bits per heavy atom. The van der Waals surface area contributed by atoms with Crippen molar-refractivity contribution in [1.82, 2.24) is 5.32 Å². The van der Waals surface area contributed by atoms with Crippen LogP contribution in [0.4, 0.5) is 4.79 Å². The van der Waals surface area contributed by atoms with E-state index in [-0.39, 0.29) is 5.41 Å². The molecule has 1 amide bonds. The molecule has 1 rings (SSSR count). The third-order valence-corrected chi connectivity index (χ3v) is 2.60. The number of halogens is 1. The zero-order chi connectivity index (χ0) is 11.5. The van der Waals surface area contributed by atoms with Crippen LogP contribution in [0.2, 0.25) is 0 Å². The van der Waals surface area contributed by atoms with Crippen LogP contribution in [0.15, 0.2) is 24.3 Å². The number of carbonyl (C=O) groups excluding carboxylic acids is 1. The molecule has 1 aromatic carbocycles. The molecule has 0 atom stereocenters. The summed E-state index contributed by atoms with van der Waals surface area (Å²) in [6, 6.07) is 8.27. The van der Waals surface area contributed by atoms with E-state index in [0.29, 0.717) is 6.54 Å². The molecule has 0 radical (unpaired) electrons. The summed E-state index contributed by atoms with van der Waals surface area (Å²) in [5.41, 5.74) is 2.32.